The van der Waals surface area contributed by atoms with Crippen molar-refractivity contribution in [2.24, 2.45) is 11.7 Å². The molecule has 2 aliphatic rings. The van der Waals surface area contributed by atoms with Crippen molar-refractivity contribution in [3.05, 3.63) is 23.8 Å². The van der Waals surface area contributed by atoms with Crippen LogP contribution in [0.25, 0.3) is 0 Å². The van der Waals surface area contributed by atoms with Crippen LogP contribution in [0, 0.1) is 5.92 Å². The summed E-state index contributed by atoms with van der Waals surface area (Å²) < 4.78 is 10.9. The third-order valence-corrected chi connectivity index (χ3v) is 3.69. The van der Waals surface area contributed by atoms with Crippen LogP contribution in [0.4, 0.5) is 0 Å². The maximum absolute atomic E-state index is 11.5. The molecule has 0 amide bonds. The molecule has 0 heterocycles. The first-order valence-electron chi connectivity index (χ1n) is 6.23. The Labute approximate surface area is 115 Å². The van der Waals surface area contributed by atoms with Crippen LogP contribution in [0.1, 0.15) is 19.3 Å². The molecular formula is C13H17NO6. The highest BCUT2D eigenvalue weighted by Gasteiger charge is 2.53. The van der Waals surface area contributed by atoms with Gasteiger partial charge in [-0.3, -0.25) is 4.79 Å². The molecule has 4 N–H and O–H groups in total. The van der Waals surface area contributed by atoms with E-state index in [1.165, 1.54) is 25.3 Å². The maximum atomic E-state index is 11.5. The monoisotopic (exact) mass is 283 g/mol. The molecule has 1 saturated carbocycles. The van der Waals surface area contributed by atoms with Gasteiger partial charge in [0.15, 0.2) is 0 Å². The number of carboxylic acid groups (broad SMARTS) is 2. The molecule has 2 aliphatic carbocycles. The maximum Gasteiger partial charge on any atom is 0.332 e. The molecule has 110 valence electrons. The average molecular weight is 283 g/mol. The molecule has 0 aromatic heterocycles. The summed E-state index contributed by atoms with van der Waals surface area (Å²) in [6.45, 7) is 0. The second kappa shape index (κ2) is 5.01. The third-order valence-electron chi connectivity index (χ3n) is 3.69. The van der Waals surface area contributed by atoms with Gasteiger partial charge in [-0.15, -0.1) is 0 Å². The van der Waals surface area contributed by atoms with Crippen LogP contribution in [-0.2, 0) is 19.1 Å². The molecule has 2 unspecified atom stereocenters. The van der Waals surface area contributed by atoms with E-state index in [9.17, 15) is 14.7 Å². The van der Waals surface area contributed by atoms with Gasteiger partial charge in [-0.2, -0.15) is 0 Å². The van der Waals surface area contributed by atoms with Crippen molar-refractivity contribution in [1.82, 2.24) is 0 Å². The number of carboxylic acids is 2. The Balaban J connectivity index is 2.39. The highest BCUT2D eigenvalue weighted by atomic mass is 16.7. The summed E-state index contributed by atoms with van der Waals surface area (Å²) >= 11 is 0. The van der Waals surface area contributed by atoms with Crippen LogP contribution in [0.2, 0.25) is 0 Å². The number of rotatable bonds is 5. The minimum atomic E-state index is -1.70. The average Bonchev–Trinajstić information content (AvgIpc) is 2.36. The fourth-order valence-electron chi connectivity index (χ4n) is 2.46. The first kappa shape index (κ1) is 14.7. The lowest BCUT2D eigenvalue weighted by atomic mass is 9.83. The molecule has 0 aromatic rings. The Morgan fingerprint density at radius 1 is 1.40 bits per heavy atom. The fraction of sp³-hybridized carbons (Fsp3) is 0.538. The molecule has 0 radical (unpaired) electrons. The predicted octanol–water partition coefficient (Wildman–Crippen LogP) is 0.466. The molecule has 1 fully saturated rings. The molecule has 0 spiro atoms. The molecule has 2 rings (SSSR count). The highest BCUT2D eigenvalue weighted by molar-refractivity contribution is 5.95. The number of allylic oxidation sites excluding steroid dienone is 2. The number of nitrogens with two attached hydrogens (primary N) is 1. The van der Waals surface area contributed by atoms with Crippen LogP contribution in [-0.4, -0.2) is 40.8 Å². The summed E-state index contributed by atoms with van der Waals surface area (Å²) in [5.74, 6) is -5.85. The molecule has 0 saturated heterocycles. The molecule has 0 bridgehead atoms. The van der Waals surface area contributed by atoms with Crippen LogP contribution in [0.3, 0.4) is 0 Å². The fourth-order valence-corrected chi connectivity index (χ4v) is 2.46. The molecule has 20 heavy (non-hydrogen) atoms. The third kappa shape index (κ3) is 2.35. The van der Waals surface area contributed by atoms with Gasteiger partial charge in [0, 0.05) is 7.11 Å². The molecule has 7 heteroatoms. The van der Waals surface area contributed by atoms with Gasteiger partial charge in [0.05, 0.1) is 5.57 Å². The summed E-state index contributed by atoms with van der Waals surface area (Å²) in [5, 5.41) is 18.5. The largest absolute Gasteiger partial charge is 0.481 e. The second-order valence-electron chi connectivity index (χ2n) is 5.00. The van der Waals surface area contributed by atoms with Gasteiger partial charge in [-0.1, -0.05) is 12.2 Å². The number of aliphatic carboxylic acids is 2. The first-order chi connectivity index (χ1) is 9.33. The van der Waals surface area contributed by atoms with E-state index < -0.39 is 29.4 Å². The molecule has 2 atom stereocenters. The van der Waals surface area contributed by atoms with E-state index in [1.807, 2.05) is 0 Å². The smallest absolute Gasteiger partial charge is 0.332 e. The van der Waals surface area contributed by atoms with E-state index in [4.69, 9.17) is 20.3 Å². The van der Waals surface area contributed by atoms with Crippen LogP contribution >= 0.6 is 0 Å². The van der Waals surface area contributed by atoms with Crippen molar-refractivity contribution in [1.29, 1.82) is 0 Å². The van der Waals surface area contributed by atoms with E-state index in [-0.39, 0.29) is 5.57 Å². The van der Waals surface area contributed by atoms with E-state index in [0.717, 1.165) is 6.42 Å². The second-order valence-corrected chi connectivity index (χ2v) is 5.00. The zero-order valence-electron chi connectivity index (χ0n) is 11.0. The number of ether oxygens (including phenoxy) is 2. The number of methoxy groups -OCH3 is 1. The quantitative estimate of drug-likeness (QED) is 0.627. The lowest BCUT2D eigenvalue weighted by Gasteiger charge is -2.47. The minimum absolute atomic E-state index is 0.301. The van der Waals surface area contributed by atoms with Crippen molar-refractivity contribution >= 4 is 11.9 Å². The van der Waals surface area contributed by atoms with Crippen molar-refractivity contribution < 1.29 is 29.3 Å². The Hall–Kier alpha value is -1.70. The van der Waals surface area contributed by atoms with Crippen molar-refractivity contribution in [2.75, 3.05) is 7.11 Å². The normalized spacial score (nSPS) is 31.3. The lowest BCUT2D eigenvalue weighted by molar-refractivity contribution is -0.286. The van der Waals surface area contributed by atoms with Crippen LogP contribution < -0.4 is 5.73 Å². The predicted molar refractivity (Wildman–Crippen MR) is 67.6 cm³/mol. The SMILES string of the molecule is COC1(OC2(N)CCC2)C=CC=C(C(=O)O)C1C(=O)O. The van der Waals surface area contributed by atoms with Gasteiger partial charge < -0.3 is 25.4 Å². The van der Waals surface area contributed by atoms with E-state index >= 15 is 0 Å². The molecule has 0 aromatic carbocycles. The number of hydrogen-bond donors (Lipinski definition) is 3. The van der Waals surface area contributed by atoms with Gasteiger partial charge >= 0.3 is 11.9 Å². The molecular weight excluding hydrogens is 266 g/mol. The van der Waals surface area contributed by atoms with Crippen molar-refractivity contribution in [2.45, 2.75) is 30.8 Å². The lowest BCUT2D eigenvalue weighted by Crippen LogP contribution is -2.59. The Morgan fingerprint density at radius 3 is 2.45 bits per heavy atom. The van der Waals surface area contributed by atoms with Gasteiger partial charge in [0.1, 0.15) is 11.6 Å². The number of hydrogen-bond acceptors (Lipinski definition) is 5. The van der Waals surface area contributed by atoms with E-state index in [2.05, 4.69) is 0 Å². The summed E-state index contributed by atoms with van der Waals surface area (Å²) in [6, 6.07) is 0. The van der Waals surface area contributed by atoms with E-state index in [1.54, 1.807) is 0 Å². The standard InChI is InChI=1S/C13H17NO6/c1-19-13(20-12(14)5-3-6-12)7-2-4-8(10(15)16)9(13)11(17)18/h2,4,7,9H,3,5-6,14H2,1H3,(H,15,16)(H,17,18). The molecule has 0 aliphatic heterocycles. The number of carbonyl (C=O) groups is 2. The first-order valence-corrected chi connectivity index (χ1v) is 6.23. The van der Waals surface area contributed by atoms with Gasteiger partial charge in [-0.05, 0) is 25.3 Å². The van der Waals surface area contributed by atoms with Crippen LogP contribution in [0.15, 0.2) is 23.8 Å². The zero-order chi connectivity index (χ0) is 15.0. The van der Waals surface area contributed by atoms with Gasteiger partial charge in [0.25, 0.3) is 0 Å². The Bertz CT molecular complexity index is 493. The Morgan fingerprint density at radius 2 is 2.05 bits per heavy atom. The van der Waals surface area contributed by atoms with Crippen molar-refractivity contribution in [3.8, 4) is 0 Å². The van der Waals surface area contributed by atoms with Gasteiger partial charge in [-0.25, -0.2) is 4.79 Å². The minimum Gasteiger partial charge on any atom is -0.481 e. The van der Waals surface area contributed by atoms with Gasteiger partial charge in [0.2, 0.25) is 5.79 Å². The summed E-state index contributed by atoms with van der Waals surface area (Å²) in [7, 11) is 1.27. The topological polar surface area (TPSA) is 119 Å². The summed E-state index contributed by atoms with van der Waals surface area (Å²) in [4.78, 5) is 22.7. The molecule has 7 nitrogen and oxygen atoms in total. The van der Waals surface area contributed by atoms with Crippen LogP contribution in [0.5, 0.6) is 0 Å². The summed E-state index contributed by atoms with van der Waals surface area (Å²) in [5.41, 5.74) is 4.70. The highest BCUT2D eigenvalue weighted by Crippen LogP contribution is 2.42. The van der Waals surface area contributed by atoms with Crippen molar-refractivity contribution in [3.63, 3.8) is 0 Å². The zero-order valence-corrected chi connectivity index (χ0v) is 11.0. The Kier molecular flexibility index (Phi) is 3.68. The summed E-state index contributed by atoms with van der Waals surface area (Å²) in [6.07, 6.45) is 6.06. The van der Waals surface area contributed by atoms with E-state index in [0.29, 0.717) is 12.8 Å².